The number of hydrogen-bond donors (Lipinski definition) is 2. The number of amides is 2. The second kappa shape index (κ2) is 6.84. The molecule has 0 saturated heterocycles. The Morgan fingerprint density at radius 2 is 1.86 bits per heavy atom. The monoisotopic (exact) mass is 375 g/mol. The van der Waals surface area contributed by atoms with Gasteiger partial charge in [-0.2, -0.15) is 5.10 Å². The molecule has 0 fully saturated rings. The van der Waals surface area contributed by atoms with E-state index < -0.39 is 5.91 Å². The summed E-state index contributed by atoms with van der Waals surface area (Å²) in [6, 6.07) is 14.6. The van der Waals surface area contributed by atoms with Crippen molar-refractivity contribution in [1.29, 1.82) is 0 Å². The number of nitrogens with two attached hydrogens (primary N) is 1. The normalized spacial score (nSPS) is 12.6. The first-order valence-electron chi connectivity index (χ1n) is 9.02. The topological polar surface area (TPSA) is 93.2 Å². The van der Waals surface area contributed by atoms with E-state index in [4.69, 9.17) is 5.73 Å². The Morgan fingerprint density at radius 3 is 2.64 bits per heavy atom. The molecule has 2 aromatic carbocycles. The van der Waals surface area contributed by atoms with Gasteiger partial charge in [0, 0.05) is 18.2 Å². The molecular formula is C21H21N5O2. The van der Waals surface area contributed by atoms with Gasteiger partial charge in [-0.15, -0.1) is 0 Å². The quantitative estimate of drug-likeness (QED) is 0.736. The fraction of sp³-hybridized carbons (Fsp3) is 0.190. The Hall–Kier alpha value is -3.61. The molecule has 7 heteroatoms. The number of fused-ring (bicyclic) bond motifs is 2. The molecule has 0 spiro atoms. The van der Waals surface area contributed by atoms with Crippen molar-refractivity contribution in [3.8, 4) is 0 Å². The highest BCUT2D eigenvalue weighted by Gasteiger charge is 2.27. The van der Waals surface area contributed by atoms with Gasteiger partial charge in [0.2, 0.25) is 11.8 Å². The largest absolute Gasteiger partial charge is 0.366 e. The van der Waals surface area contributed by atoms with Crippen LogP contribution in [-0.2, 0) is 24.8 Å². The molecule has 4 rings (SSSR count). The van der Waals surface area contributed by atoms with Crippen molar-refractivity contribution in [2.45, 2.75) is 19.9 Å². The van der Waals surface area contributed by atoms with Gasteiger partial charge in [0.25, 0.3) is 0 Å². The fourth-order valence-corrected chi connectivity index (χ4v) is 3.63. The molecule has 2 heterocycles. The minimum Gasteiger partial charge on any atom is -0.366 e. The second-order valence-corrected chi connectivity index (χ2v) is 6.86. The lowest BCUT2D eigenvalue weighted by Gasteiger charge is -2.23. The zero-order chi connectivity index (χ0) is 19.8. The highest BCUT2D eigenvalue weighted by atomic mass is 16.2. The third-order valence-corrected chi connectivity index (χ3v) is 5.04. The number of anilines is 3. The van der Waals surface area contributed by atoms with Crippen molar-refractivity contribution in [3.63, 3.8) is 0 Å². The van der Waals surface area contributed by atoms with Gasteiger partial charge in [0.05, 0.1) is 30.0 Å². The van der Waals surface area contributed by atoms with Crippen LogP contribution in [-0.4, -0.2) is 21.6 Å². The highest BCUT2D eigenvalue weighted by molar-refractivity contribution is 6.01. The summed E-state index contributed by atoms with van der Waals surface area (Å²) in [5, 5.41) is 7.88. The van der Waals surface area contributed by atoms with Gasteiger partial charge in [-0.3, -0.25) is 14.3 Å². The van der Waals surface area contributed by atoms with Gasteiger partial charge in [-0.05, 0) is 30.7 Å². The molecule has 142 valence electrons. The lowest BCUT2D eigenvalue weighted by Crippen LogP contribution is -2.32. The molecule has 0 radical (unpaired) electrons. The Bertz CT molecular complexity index is 1090. The van der Waals surface area contributed by atoms with E-state index >= 15 is 0 Å². The van der Waals surface area contributed by atoms with Gasteiger partial charge in [0.15, 0.2) is 0 Å². The summed E-state index contributed by atoms with van der Waals surface area (Å²) in [6.45, 7) is 2.33. The predicted octanol–water partition coefficient (Wildman–Crippen LogP) is 2.66. The van der Waals surface area contributed by atoms with E-state index in [1.807, 2.05) is 38.2 Å². The van der Waals surface area contributed by atoms with Gasteiger partial charge >= 0.3 is 0 Å². The number of rotatable bonds is 3. The molecule has 2 amide bonds. The molecule has 3 aromatic rings. The molecule has 7 nitrogen and oxygen atoms in total. The van der Waals surface area contributed by atoms with Crippen LogP contribution in [0.4, 0.5) is 17.2 Å². The molecule has 0 saturated carbocycles. The van der Waals surface area contributed by atoms with E-state index in [1.54, 1.807) is 33.8 Å². The summed E-state index contributed by atoms with van der Waals surface area (Å²) >= 11 is 0. The number of nitrogens with zero attached hydrogens (tertiary/aromatic N) is 3. The molecule has 0 aliphatic carbocycles. The van der Waals surface area contributed by atoms with Crippen LogP contribution < -0.4 is 16.0 Å². The van der Waals surface area contributed by atoms with E-state index in [0.29, 0.717) is 17.7 Å². The minimum absolute atomic E-state index is 0.0854. The first-order chi connectivity index (χ1) is 13.5. The molecule has 0 atom stereocenters. The lowest BCUT2D eigenvalue weighted by atomic mass is 10.0. The van der Waals surface area contributed by atoms with Crippen molar-refractivity contribution in [2.24, 2.45) is 12.8 Å². The van der Waals surface area contributed by atoms with Crippen molar-refractivity contribution in [2.75, 3.05) is 10.2 Å². The maximum atomic E-state index is 13.3. The van der Waals surface area contributed by atoms with Gasteiger partial charge in [0.1, 0.15) is 5.82 Å². The summed E-state index contributed by atoms with van der Waals surface area (Å²) in [5.74, 6) is 0.226. The van der Waals surface area contributed by atoms with E-state index in [1.165, 1.54) is 0 Å². The molecular weight excluding hydrogens is 354 g/mol. The number of carbonyl (C=O) groups is 2. The van der Waals surface area contributed by atoms with Crippen LogP contribution in [0.5, 0.6) is 0 Å². The summed E-state index contributed by atoms with van der Waals surface area (Å²) in [7, 11) is 1.88. The minimum atomic E-state index is -0.535. The Kier molecular flexibility index (Phi) is 4.35. The van der Waals surface area contributed by atoms with E-state index in [0.717, 1.165) is 28.5 Å². The summed E-state index contributed by atoms with van der Waals surface area (Å²) in [5.41, 5.74) is 9.93. The number of benzene rings is 2. The van der Waals surface area contributed by atoms with Gasteiger partial charge in [-0.25, -0.2) is 0 Å². The summed E-state index contributed by atoms with van der Waals surface area (Å²) < 4.78 is 1.79. The third kappa shape index (κ3) is 3.00. The number of hydrogen-bond acceptors (Lipinski definition) is 4. The maximum absolute atomic E-state index is 13.3. The Labute approximate surface area is 162 Å². The zero-order valence-corrected chi connectivity index (χ0v) is 15.8. The van der Waals surface area contributed by atoms with Gasteiger partial charge in [-0.1, -0.05) is 30.3 Å². The van der Waals surface area contributed by atoms with Gasteiger partial charge < -0.3 is 16.0 Å². The van der Waals surface area contributed by atoms with Crippen LogP contribution >= 0.6 is 0 Å². The van der Waals surface area contributed by atoms with E-state index in [-0.39, 0.29) is 12.3 Å². The Balaban J connectivity index is 1.75. The van der Waals surface area contributed by atoms with Crippen LogP contribution in [0.15, 0.2) is 48.5 Å². The summed E-state index contributed by atoms with van der Waals surface area (Å²) in [6.07, 6.45) is 0.0854. The lowest BCUT2D eigenvalue weighted by molar-refractivity contribution is -0.118. The number of aromatic nitrogens is 2. The predicted molar refractivity (Wildman–Crippen MR) is 108 cm³/mol. The Morgan fingerprint density at radius 1 is 1.14 bits per heavy atom. The van der Waals surface area contributed by atoms with Crippen molar-refractivity contribution in [3.05, 3.63) is 70.9 Å². The second-order valence-electron chi connectivity index (χ2n) is 6.86. The molecule has 1 aliphatic rings. The maximum Gasteiger partial charge on any atom is 0.248 e. The van der Waals surface area contributed by atoms with Crippen LogP contribution in [0.2, 0.25) is 0 Å². The third-order valence-electron chi connectivity index (χ3n) is 5.04. The van der Waals surface area contributed by atoms with Crippen LogP contribution in [0.25, 0.3) is 0 Å². The van der Waals surface area contributed by atoms with Crippen molar-refractivity contribution < 1.29 is 9.59 Å². The average molecular weight is 375 g/mol. The number of carbonyl (C=O) groups excluding carboxylic acids is 2. The molecule has 0 unspecified atom stereocenters. The zero-order valence-electron chi connectivity index (χ0n) is 15.8. The number of para-hydroxylation sites is 2. The SMILES string of the molecule is Cc1nn(C)c2c1CN(C(=O)Cc1ccccc1C(N)=O)c1ccccc1N2. The first kappa shape index (κ1) is 17.8. The first-order valence-corrected chi connectivity index (χ1v) is 9.02. The highest BCUT2D eigenvalue weighted by Crippen LogP contribution is 2.36. The fourth-order valence-electron chi connectivity index (χ4n) is 3.63. The smallest absolute Gasteiger partial charge is 0.248 e. The molecule has 3 N–H and O–H groups in total. The van der Waals surface area contributed by atoms with E-state index in [9.17, 15) is 9.59 Å². The van der Waals surface area contributed by atoms with Crippen LogP contribution in [0.1, 0.15) is 27.2 Å². The molecule has 1 aromatic heterocycles. The van der Waals surface area contributed by atoms with Crippen LogP contribution in [0.3, 0.4) is 0 Å². The van der Waals surface area contributed by atoms with E-state index in [2.05, 4.69) is 10.4 Å². The number of nitrogens with one attached hydrogen (secondary N) is 1. The molecule has 28 heavy (non-hydrogen) atoms. The van der Waals surface area contributed by atoms with Crippen molar-refractivity contribution in [1.82, 2.24) is 9.78 Å². The summed E-state index contributed by atoms with van der Waals surface area (Å²) in [4.78, 5) is 26.8. The molecule has 0 bridgehead atoms. The van der Waals surface area contributed by atoms with Crippen LogP contribution in [0, 0.1) is 6.92 Å². The van der Waals surface area contributed by atoms with Crippen molar-refractivity contribution >= 4 is 29.0 Å². The standard InChI is InChI=1S/C21H21N5O2/c1-13-16-12-26(19(27)11-14-7-3-4-8-15(14)20(22)28)18-10-6-5-9-17(18)23-21(16)25(2)24-13/h3-10,23H,11-12H2,1-2H3,(H2,22,28). The molecule has 1 aliphatic heterocycles. The number of aryl methyl sites for hydroxylation is 2. The average Bonchev–Trinajstić information content (AvgIpc) is 2.84. The number of primary amides is 1.